The zero-order valence-corrected chi connectivity index (χ0v) is 44.2. The summed E-state index contributed by atoms with van der Waals surface area (Å²) in [4.78, 5) is 15.1. The Balaban J connectivity index is 0.931. The van der Waals surface area contributed by atoms with Crippen molar-refractivity contribution in [2.45, 2.75) is 235 Å². The zero-order valence-electron chi connectivity index (χ0n) is 44.2. The molecule has 0 radical (unpaired) electrons. The number of ether oxygens (including phenoxy) is 8. The molecule has 28 atom stereocenters. The number of esters is 1. The van der Waals surface area contributed by atoms with Gasteiger partial charge in [0.1, 0.15) is 85.5 Å². The van der Waals surface area contributed by atoms with E-state index in [1.165, 1.54) is 12.5 Å². The number of carbonyl (C=O) groups excluding carboxylic acids is 1. The van der Waals surface area contributed by atoms with Crippen LogP contribution in [-0.2, 0) is 42.7 Å². The molecule has 5 aliphatic carbocycles. The van der Waals surface area contributed by atoms with Crippen LogP contribution in [0.15, 0.2) is 11.6 Å². The molecule has 4 saturated carbocycles. The number of rotatable bonds is 11. The van der Waals surface area contributed by atoms with E-state index in [-0.39, 0.29) is 52.6 Å². The largest absolute Gasteiger partial charge is 0.432 e. The van der Waals surface area contributed by atoms with Crippen molar-refractivity contribution < 1.29 is 109 Å². The van der Waals surface area contributed by atoms with Crippen LogP contribution in [0.5, 0.6) is 0 Å². The van der Waals surface area contributed by atoms with Gasteiger partial charge in [0.2, 0.25) is 6.29 Å². The number of aliphatic hydroxyl groups excluding tert-OH is 13. The lowest BCUT2D eigenvalue weighted by Crippen LogP contribution is -2.67. The molecule has 0 aromatic rings. The summed E-state index contributed by atoms with van der Waals surface area (Å²) >= 11 is 0. The first-order valence-electron chi connectivity index (χ1n) is 27.3. The fourth-order valence-electron chi connectivity index (χ4n) is 16.1. The van der Waals surface area contributed by atoms with E-state index in [0.717, 1.165) is 25.7 Å². The SMILES string of the molecule is C[C@@H]1O[C@@H](O[C@H]2[C@H](O[C@H]3CC[C@@]4(C)C(CC[C@]5(C)[C@@H]4CC=C4[C@H]6CC(C)(C)CC[C@]6(C(=O)O[C@@H]6O[C@H](CO[C@@H]7O[C@H](CO)[C@@H](O)[C@H](O)[C@H]7O)[C@@H](O)[C@H](O)[C@H]6O)CC[C@]45C)[C@]3(C)CO)OC[C@H](O)[C@@H]2O)[C@H](O)[C@H](O)[C@H]1O. The summed E-state index contributed by atoms with van der Waals surface area (Å²) in [5.41, 5.74) is -1.70. The molecule has 22 heteroatoms. The molecule has 4 aliphatic heterocycles. The Morgan fingerprint density at radius 1 is 0.640 bits per heavy atom. The smallest absolute Gasteiger partial charge is 0.315 e. The van der Waals surface area contributed by atoms with E-state index in [9.17, 15) is 66.4 Å². The van der Waals surface area contributed by atoms with Crippen LogP contribution in [0.25, 0.3) is 0 Å². The molecule has 75 heavy (non-hydrogen) atoms. The monoisotopic (exact) mass is 1070 g/mol. The number of hydrogen-bond donors (Lipinski definition) is 13. The number of fused-ring (bicyclic) bond motifs is 7. The third-order valence-electron chi connectivity index (χ3n) is 21.1. The van der Waals surface area contributed by atoms with E-state index in [4.69, 9.17) is 37.9 Å². The first-order valence-corrected chi connectivity index (χ1v) is 27.3. The third kappa shape index (κ3) is 9.50. The van der Waals surface area contributed by atoms with Crippen molar-refractivity contribution in [1.82, 2.24) is 0 Å². The second-order valence-corrected chi connectivity index (χ2v) is 25.7. The molecule has 430 valence electrons. The molecule has 0 bridgehead atoms. The van der Waals surface area contributed by atoms with Crippen molar-refractivity contribution >= 4 is 5.97 Å². The van der Waals surface area contributed by atoms with Crippen LogP contribution in [0.3, 0.4) is 0 Å². The minimum absolute atomic E-state index is 0.0432. The number of allylic oxidation sites excluding steroid dienone is 2. The van der Waals surface area contributed by atoms with E-state index < -0.39 is 153 Å². The van der Waals surface area contributed by atoms with Crippen LogP contribution >= 0.6 is 0 Å². The summed E-state index contributed by atoms with van der Waals surface area (Å²) in [6.45, 7) is 13.2. The van der Waals surface area contributed by atoms with Gasteiger partial charge in [-0.3, -0.25) is 4.79 Å². The first kappa shape index (κ1) is 58.1. The average Bonchev–Trinajstić information content (AvgIpc) is 3.37. The molecule has 4 saturated heterocycles. The van der Waals surface area contributed by atoms with E-state index in [2.05, 4.69) is 40.7 Å². The molecule has 0 spiro atoms. The third-order valence-corrected chi connectivity index (χ3v) is 21.1. The summed E-state index contributed by atoms with van der Waals surface area (Å²) < 4.78 is 47.6. The van der Waals surface area contributed by atoms with Gasteiger partial charge in [0.15, 0.2) is 18.9 Å². The fraction of sp³-hybridized carbons (Fsp3) is 0.943. The standard InChI is InChI=1S/C53H86O22/c1-23-32(57)36(61)40(65)44(70-23)74-42-33(58)26(56)20-68-46(42)73-31-11-12-49(4)29(50(31,5)22-55)10-13-52(7)30(49)9-8-24-25-18-48(2,3)14-16-53(25,17-15-51(24,52)6)47(67)75-45-41(66)38(63)35(60)28(72-45)21-69-43-39(64)37(62)34(59)27(19-54)71-43/h8,23,25-46,54-66H,9-22H2,1-7H3/t23-,25+,26-,27+,28+,29?,30+,31-,32-,33-,34+,35+,36+,37-,38-,39+,40+,41+,42+,43+,44-,45-,46-,49-,50-,51+,52+,53-/m0/s1. The lowest BCUT2D eigenvalue weighted by Gasteiger charge is -2.71. The van der Waals surface area contributed by atoms with Crippen LogP contribution < -0.4 is 0 Å². The van der Waals surface area contributed by atoms with E-state index in [1.54, 1.807) is 0 Å². The number of aliphatic hydroxyl groups is 13. The molecule has 4 heterocycles. The highest BCUT2D eigenvalue weighted by Gasteiger charge is 2.71. The Labute approximate surface area is 437 Å². The van der Waals surface area contributed by atoms with Gasteiger partial charge in [-0.25, -0.2) is 0 Å². The van der Waals surface area contributed by atoms with Gasteiger partial charge in [-0.15, -0.1) is 0 Å². The summed E-state index contributed by atoms with van der Waals surface area (Å²) in [6.07, 6.45) is -20.8. The Bertz CT molecular complexity index is 2060. The maximum absolute atomic E-state index is 15.1. The van der Waals surface area contributed by atoms with Gasteiger partial charge in [-0.1, -0.05) is 53.2 Å². The lowest BCUT2D eigenvalue weighted by molar-refractivity contribution is -0.365. The van der Waals surface area contributed by atoms with Gasteiger partial charge in [-0.05, 0) is 111 Å². The molecule has 0 aromatic carbocycles. The minimum atomic E-state index is -1.84. The Kier molecular flexibility index (Phi) is 16.3. The molecule has 22 nitrogen and oxygen atoms in total. The average molecular weight is 1080 g/mol. The van der Waals surface area contributed by atoms with Crippen molar-refractivity contribution in [2.24, 2.45) is 50.2 Å². The maximum Gasteiger partial charge on any atom is 0.315 e. The topological polar surface area (TPSA) is 354 Å². The summed E-state index contributed by atoms with van der Waals surface area (Å²) in [5.74, 6) is -0.732. The Morgan fingerprint density at radius 3 is 1.95 bits per heavy atom. The van der Waals surface area contributed by atoms with Crippen LogP contribution in [-0.4, -0.2) is 222 Å². The predicted molar refractivity (Wildman–Crippen MR) is 257 cm³/mol. The highest BCUT2D eigenvalue weighted by Crippen LogP contribution is 2.76. The molecule has 8 fully saturated rings. The van der Waals surface area contributed by atoms with Crippen LogP contribution in [0.1, 0.15) is 113 Å². The fourth-order valence-corrected chi connectivity index (χ4v) is 16.1. The highest BCUT2D eigenvalue weighted by atomic mass is 16.8. The Hall–Kier alpha value is -1.59. The van der Waals surface area contributed by atoms with Crippen LogP contribution in [0.2, 0.25) is 0 Å². The van der Waals surface area contributed by atoms with E-state index >= 15 is 4.79 Å². The molecule has 0 amide bonds. The number of carbonyl (C=O) groups is 1. The number of hydrogen-bond acceptors (Lipinski definition) is 22. The van der Waals surface area contributed by atoms with E-state index in [1.807, 2.05) is 6.92 Å². The summed E-state index contributed by atoms with van der Waals surface area (Å²) in [6, 6.07) is 0. The summed E-state index contributed by atoms with van der Waals surface area (Å²) in [7, 11) is 0. The minimum Gasteiger partial charge on any atom is -0.432 e. The Morgan fingerprint density at radius 2 is 1.27 bits per heavy atom. The predicted octanol–water partition coefficient (Wildman–Crippen LogP) is -1.40. The van der Waals surface area contributed by atoms with E-state index in [0.29, 0.717) is 38.5 Å². The lowest BCUT2D eigenvalue weighted by atomic mass is 9.33. The molecule has 1 unspecified atom stereocenters. The highest BCUT2D eigenvalue weighted by molar-refractivity contribution is 5.79. The van der Waals surface area contributed by atoms with Gasteiger partial charge < -0.3 is 104 Å². The van der Waals surface area contributed by atoms with Crippen LogP contribution in [0, 0.1) is 50.2 Å². The van der Waals surface area contributed by atoms with Crippen LogP contribution in [0.4, 0.5) is 0 Å². The maximum atomic E-state index is 15.1. The zero-order chi connectivity index (χ0) is 54.7. The second kappa shape index (κ2) is 21.1. The van der Waals surface area contributed by atoms with Gasteiger partial charge in [-0.2, -0.15) is 0 Å². The molecule has 13 N–H and O–H groups in total. The van der Waals surface area contributed by atoms with Gasteiger partial charge in [0.25, 0.3) is 0 Å². The first-order chi connectivity index (χ1) is 35.1. The molecular formula is C53H86O22. The van der Waals surface area contributed by atoms with Crippen molar-refractivity contribution in [3.63, 3.8) is 0 Å². The quantitative estimate of drug-likeness (QED) is 0.0643. The normalized spacial score (nSPS) is 54.8. The van der Waals surface area contributed by atoms with Gasteiger partial charge >= 0.3 is 5.97 Å². The van der Waals surface area contributed by atoms with Crippen molar-refractivity contribution in [1.29, 1.82) is 0 Å². The molecular weight excluding hydrogens is 989 g/mol. The van der Waals surface area contributed by atoms with Gasteiger partial charge in [0, 0.05) is 5.41 Å². The summed E-state index contributed by atoms with van der Waals surface area (Å²) in [5, 5.41) is 139. The molecule has 0 aromatic heterocycles. The molecule has 9 rings (SSSR count). The van der Waals surface area contributed by atoms with Crippen molar-refractivity contribution in [2.75, 3.05) is 26.4 Å². The van der Waals surface area contributed by atoms with Crippen molar-refractivity contribution in [3.8, 4) is 0 Å². The second-order valence-electron chi connectivity index (χ2n) is 25.7. The van der Waals surface area contributed by atoms with Gasteiger partial charge in [0.05, 0.1) is 44.1 Å². The molecule has 9 aliphatic rings. The van der Waals surface area contributed by atoms with Crippen molar-refractivity contribution in [3.05, 3.63) is 11.6 Å².